The van der Waals surface area contributed by atoms with Crippen LogP contribution in [0.15, 0.2) is 60.1 Å². The van der Waals surface area contributed by atoms with Gasteiger partial charge in [0.05, 0.1) is 28.7 Å². The molecular weight excluding hydrogens is 578 g/mol. The highest BCUT2D eigenvalue weighted by atomic mass is 32.1. The topological polar surface area (TPSA) is 65.8 Å². The Kier molecular flexibility index (Phi) is 7.63. The lowest BCUT2D eigenvalue weighted by atomic mass is 10.0. The number of nitrogens with zero attached hydrogens (tertiary/aromatic N) is 5. The summed E-state index contributed by atoms with van der Waals surface area (Å²) in [5.74, 6) is -0.240. The summed E-state index contributed by atoms with van der Waals surface area (Å²) in [5, 5.41) is 5.92. The fraction of sp³-hybridized carbons (Fsp3) is 0.324. The zero-order chi connectivity index (χ0) is 30.4. The van der Waals surface area contributed by atoms with Crippen LogP contribution in [0.4, 0.5) is 14.5 Å². The molecule has 3 aromatic heterocycles. The second kappa shape index (κ2) is 11.7. The minimum absolute atomic E-state index is 0.0936. The average Bonchev–Trinajstić information content (AvgIpc) is 3.83. The lowest BCUT2D eigenvalue weighted by Gasteiger charge is -2.37. The Hall–Kier alpha value is -4.15. The lowest BCUT2D eigenvalue weighted by Crippen LogP contribution is -2.50. The highest BCUT2D eigenvalue weighted by Gasteiger charge is 2.30. The smallest absolute Gasteiger partial charge is 0.227 e. The van der Waals surface area contributed by atoms with Gasteiger partial charge in [-0.1, -0.05) is 13.0 Å². The van der Waals surface area contributed by atoms with Crippen molar-refractivity contribution in [1.82, 2.24) is 24.6 Å². The largest absolute Gasteiger partial charge is 0.367 e. The second-order valence-corrected chi connectivity index (χ2v) is 12.4. The van der Waals surface area contributed by atoms with Crippen LogP contribution in [0.25, 0.3) is 38.7 Å². The molecule has 1 N–H and O–H groups in total. The van der Waals surface area contributed by atoms with Crippen LogP contribution in [0.3, 0.4) is 0 Å². The van der Waals surface area contributed by atoms with Crippen LogP contribution in [0.5, 0.6) is 0 Å². The van der Waals surface area contributed by atoms with E-state index in [0.717, 1.165) is 72.1 Å². The predicted octanol–water partition coefficient (Wildman–Crippen LogP) is 6.20. The first-order valence-electron chi connectivity index (χ1n) is 15.2. The molecule has 5 aromatic rings. The van der Waals surface area contributed by atoms with Gasteiger partial charge in [-0.25, -0.2) is 18.7 Å². The fourth-order valence-corrected chi connectivity index (χ4v) is 7.27. The van der Waals surface area contributed by atoms with Crippen LogP contribution >= 0.6 is 11.3 Å². The van der Waals surface area contributed by atoms with Crippen LogP contribution in [0.1, 0.15) is 24.6 Å². The maximum absolute atomic E-state index is 16.3. The summed E-state index contributed by atoms with van der Waals surface area (Å²) in [6.07, 6.45) is 3.63. The quantitative estimate of drug-likeness (QED) is 0.248. The summed E-state index contributed by atoms with van der Waals surface area (Å²) in [4.78, 5) is 26.8. The first-order valence-corrected chi connectivity index (χ1v) is 16.1. The maximum atomic E-state index is 16.3. The van der Waals surface area contributed by atoms with Crippen molar-refractivity contribution >= 4 is 28.6 Å². The standard InChI is InChI=1S/C34H34F2N6OS/c1-3-28-32(27-10-9-26(21(2)31(27)36)33-39-29(20-44-33)22-4-6-24(35)7-5-22)42-19-25(8-11-30(42)38-28)40-14-16-41(17-15-40)34(43)23-12-13-37-18-23/h4-11,19-20,23,37H,3,12-18H2,1-2H3. The number of nitrogens with one attached hydrogen (secondary N) is 1. The molecule has 2 fully saturated rings. The molecule has 0 saturated carbocycles. The van der Waals surface area contributed by atoms with E-state index < -0.39 is 0 Å². The van der Waals surface area contributed by atoms with Crippen LogP contribution in [-0.2, 0) is 11.2 Å². The van der Waals surface area contributed by atoms with E-state index in [-0.39, 0.29) is 23.5 Å². The maximum Gasteiger partial charge on any atom is 0.227 e. The zero-order valence-corrected chi connectivity index (χ0v) is 25.6. The molecule has 2 aliphatic heterocycles. The fourth-order valence-electron chi connectivity index (χ4n) is 6.36. The molecule has 1 amide bonds. The van der Waals surface area contributed by atoms with E-state index in [1.807, 2.05) is 46.0 Å². The van der Waals surface area contributed by atoms with Crippen molar-refractivity contribution < 1.29 is 13.6 Å². The summed E-state index contributed by atoms with van der Waals surface area (Å²) in [6.45, 7) is 8.39. The molecule has 5 heterocycles. The molecule has 0 spiro atoms. The summed E-state index contributed by atoms with van der Waals surface area (Å²) < 4.78 is 31.7. The van der Waals surface area contributed by atoms with Crippen molar-refractivity contribution in [2.24, 2.45) is 5.92 Å². The number of halogens is 2. The van der Waals surface area contributed by atoms with Crippen molar-refractivity contribution in [3.05, 3.63) is 83.0 Å². The van der Waals surface area contributed by atoms with Gasteiger partial charge in [0.2, 0.25) is 5.91 Å². The molecule has 2 saturated heterocycles. The number of piperazine rings is 1. The van der Waals surface area contributed by atoms with E-state index in [9.17, 15) is 9.18 Å². The number of amides is 1. The average molecular weight is 613 g/mol. The second-order valence-electron chi connectivity index (χ2n) is 11.5. The van der Waals surface area contributed by atoms with Crippen LogP contribution in [-0.4, -0.2) is 64.4 Å². The number of hydrogen-bond donors (Lipinski definition) is 1. The van der Waals surface area contributed by atoms with Gasteiger partial charge in [-0.05, 0) is 74.3 Å². The van der Waals surface area contributed by atoms with E-state index >= 15 is 4.39 Å². The molecule has 44 heavy (non-hydrogen) atoms. The van der Waals surface area contributed by atoms with Gasteiger partial charge in [-0.15, -0.1) is 11.3 Å². The first kappa shape index (κ1) is 28.6. The Morgan fingerprint density at radius 1 is 1.00 bits per heavy atom. The normalized spacial score (nSPS) is 17.1. The van der Waals surface area contributed by atoms with E-state index in [1.165, 1.54) is 23.5 Å². The molecule has 0 aliphatic carbocycles. The highest BCUT2D eigenvalue weighted by Crippen LogP contribution is 2.37. The van der Waals surface area contributed by atoms with Crippen molar-refractivity contribution in [1.29, 1.82) is 0 Å². The molecule has 2 aliphatic rings. The molecule has 7 rings (SSSR count). The Labute approximate surface area is 259 Å². The van der Waals surface area contributed by atoms with E-state index in [2.05, 4.69) is 16.3 Å². The monoisotopic (exact) mass is 612 g/mol. The number of benzene rings is 2. The highest BCUT2D eigenvalue weighted by molar-refractivity contribution is 7.13. The van der Waals surface area contributed by atoms with Crippen LogP contribution in [0.2, 0.25) is 0 Å². The molecule has 1 atom stereocenters. The Morgan fingerprint density at radius 3 is 2.50 bits per heavy atom. The summed E-state index contributed by atoms with van der Waals surface area (Å²) in [7, 11) is 0. The van der Waals surface area contributed by atoms with Gasteiger partial charge < -0.3 is 15.1 Å². The van der Waals surface area contributed by atoms with Gasteiger partial charge in [-0.3, -0.25) is 9.20 Å². The van der Waals surface area contributed by atoms with E-state index in [0.29, 0.717) is 35.6 Å². The van der Waals surface area contributed by atoms with Gasteiger partial charge in [0.25, 0.3) is 0 Å². The van der Waals surface area contributed by atoms with Crippen molar-refractivity contribution in [2.45, 2.75) is 26.7 Å². The zero-order valence-electron chi connectivity index (χ0n) is 24.8. The lowest BCUT2D eigenvalue weighted by molar-refractivity contribution is -0.135. The Morgan fingerprint density at radius 2 is 1.77 bits per heavy atom. The number of aromatic nitrogens is 3. The van der Waals surface area contributed by atoms with Gasteiger partial charge in [0, 0.05) is 61.0 Å². The molecule has 226 valence electrons. The van der Waals surface area contributed by atoms with E-state index in [1.54, 1.807) is 19.1 Å². The molecule has 1 unspecified atom stereocenters. The minimum Gasteiger partial charge on any atom is -0.367 e. The number of thiazole rings is 1. The molecule has 7 nitrogen and oxygen atoms in total. The van der Waals surface area contributed by atoms with Crippen LogP contribution in [0, 0.1) is 24.5 Å². The summed E-state index contributed by atoms with van der Waals surface area (Å²) in [6, 6.07) is 14.0. The number of carbonyl (C=O) groups excluding carboxylic acids is 1. The number of carbonyl (C=O) groups is 1. The predicted molar refractivity (Wildman–Crippen MR) is 171 cm³/mol. The van der Waals surface area contributed by atoms with Crippen LogP contribution < -0.4 is 10.2 Å². The van der Waals surface area contributed by atoms with Crippen molar-refractivity contribution in [3.63, 3.8) is 0 Å². The molecule has 0 bridgehead atoms. The number of pyridine rings is 1. The van der Waals surface area contributed by atoms with Gasteiger partial charge in [0.1, 0.15) is 22.3 Å². The number of imidazole rings is 1. The van der Waals surface area contributed by atoms with Gasteiger partial charge in [-0.2, -0.15) is 0 Å². The molecule has 10 heteroatoms. The third-order valence-corrected chi connectivity index (χ3v) is 9.77. The number of hydrogen-bond acceptors (Lipinski definition) is 6. The van der Waals surface area contributed by atoms with Gasteiger partial charge in [0.15, 0.2) is 0 Å². The molecular formula is C34H34F2N6OS. The van der Waals surface area contributed by atoms with E-state index in [4.69, 9.17) is 9.97 Å². The summed E-state index contributed by atoms with van der Waals surface area (Å²) >= 11 is 1.44. The van der Waals surface area contributed by atoms with Crippen molar-refractivity contribution in [3.8, 4) is 33.1 Å². The minimum atomic E-state index is -0.296. The van der Waals surface area contributed by atoms with Gasteiger partial charge >= 0.3 is 0 Å². The summed E-state index contributed by atoms with van der Waals surface area (Å²) in [5.41, 5.74) is 6.70. The number of fused-ring (bicyclic) bond motifs is 1. The third kappa shape index (κ3) is 5.16. The number of anilines is 1. The molecule has 0 radical (unpaired) electrons. The Bertz CT molecular complexity index is 1830. The third-order valence-electron chi connectivity index (χ3n) is 8.89. The SMILES string of the molecule is CCc1nc2ccc(N3CCN(C(=O)C4CCNC4)CC3)cn2c1-c1ccc(-c2nc(-c3ccc(F)cc3)cs2)c(C)c1F. The number of aryl methyl sites for hydroxylation is 1. The Balaban J connectivity index is 1.18. The number of rotatable bonds is 6. The molecule has 2 aromatic carbocycles. The van der Waals surface area contributed by atoms with Crippen molar-refractivity contribution in [2.75, 3.05) is 44.2 Å². The first-order chi connectivity index (χ1) is 21.4.